The van der Waals surface area contributed by atoms with Crippen LogP contribution in [0, 0.1) is 0 Å². The molecular formula is C19H19N3O7S2. The molecule has 1 aromatic carbocycles. The summed E-state index contributed by atoms with van der Waals surface area (Å²) in [6.07, 6.45) is 0. The van der Waals surface area contributed by atoms with Gasteiger partial charge in [0.25, 0.3) is 11.8 Å². The van der Waals surface area contributed by atoms with Crippen LogP contribution in [0.1, 0.15) is 39.2 Å². The van der Waals surface area contributed by atoms with Crippen LogP contribution in [0.4, 0.5) is 5.00 Å². The third-order valence-electron chi connectivity index (χ3n) is 4.98. The number of hydrogen-bond acceptors (Lipinski definition) is 8. The number of thiophene rings is 1. The molecule has 12 heteroatoms. The lowest BCUT2D eigenvalue weighted by Gasteiger charge is -2.28. The van der Waals surface area contributed by atoms with E-state index in [1.165, 1.54) is 26.4 Å². The predicted octanol–water partition coefficient (Wildman–Crippen LogP) is 1.66. The SMILES string of the molecule is CC(=O)Nc1scc2c1C(=O)N(C(CS(=O)(=O)N(C)C)c1ccc3c(c1)OCO3)C2=O. The fourth-order valence-electron chi connectivity index (χ4n) is 3.39. The summed E-state index contributed by atoms with van der Waals surface area (Å²) in [6.45, 7) is 1.32. The van der Waals surface area contributed by atoms with Crippen molar-refractivity contribution in [2.45, 2.75) is 13.0 Å². The normalized spacial score (nSPS) is 16.1. The van der Waals surface area contributed by atoms with Crippen LogP contribution in [0.5, 0.6) is 11.5 Å². The van der Waals surface area contributed by atoms with Crippen molar-refractivity contribution in [3.8, 4) is 11.5 Å². The summed E-state index contributed by atoms with van der Waals surface area (Å²) in [5, 5.41) is 4.29. The zero-order valence-corrected chi connectivity index (χ0v) is 18.5. The summed E-state index contributed by atoms with van der Waals surface area (Å²) in [5.74, 6) is -1.29. The molecule has 1 aromatic heterocycles. The summed E-state index contributed by atoms with van der Waals surface area (Å²) >= 11 is 1.07. The summed E-state index contributed by atoms with van der Waals surface area (Å²) in [4.78, 5) is 38.8. The van der Waals surface area contributed by atoms with Gasteiger partial charge in [0.05, 0.1) is 22.9 Å². The maximum absolute atomic E-state index is 13.3. The molecule has 164 valence electrons. The molecule has 0 fully saturated rings. The molecule has 1 unspecified atom stereocenters. The van der Waals surface area contributed by atoms with E-state index >= 15 is 0 Å². The maximum Gasteiger partial charge on any atom is 0.265 e. The van der Waals surface area contributed by atoms with Gasteiger partial charge in [-0.3, -0.25) is 19.3 Å². The number of hydrogen-bond donors (Lipinski definition) is 1. The Morgan fingerprint density at radius 1 is 1.23 bits per heavy atom. The highest BCUT2D eigenvalue weighted by molar-refractivity contribution is 7.89. The minimum atomic E-state index is -3.80. The lowest BCUT2D eigenvalue weighted by molar-refractivity contribution is -0.114. The van der Waals surface area contributed by atoms with Crippen LogP contribution < -0.4 is 14.8 Å². The third-order valence-corrected chi connectivity index (χ3v) is 7.73. The summed E-state index contributed by atoms with van der Waals surface area (Å²) < 4.78 is 37.1. The topological polar surface area (TPSA) is 122 Å². The van der Waals surface area contributed by atoms with Crippen LogP contribution in [0.15, 0.2) is 23.6 Å². The van der Waals surface area contributed by atoms with E-state index in [2.05, 4.69) is 5.32 Å². The van der Waals surface area contributed by atoms with Gasteiger partial charge in [-0.1, -0.05) is 6.07 Å². The van der Waals surface area contributed by atoms with Crippen molar-refractivity contribution in [3.05, 3.63) is 40.3 Å². The number of ether oxygens (including phenoxy) is 2. The molecule has 1 atom stereocenters. The first-order valence-corrected chi connectivity index (χ1v) is 11.7. The van der Waals surface area contributed by atoms with Gasteiger partial charge in [0.1, 0.15) is 5.00 Å². The molecule has 4 rings (SSSR count). The number of fused-ring (bicyclic) bond motifs is 2. The Morgan fingerprint density at radius 2 is 1.94 bits per heavy atom. The van der Waals surface area contributed by atoms with Crippen LogP contribution in [-0.4, -0.2) is 62.0 Å². The van der Waals surface area contributed by atoms with Crippen molar-refractivity contribution >= 4 is 44.1 Å². The average molecular weight is 466 g/mol. The number of sulfonamides is 1. The standard InChI is InChI=1S/C19H19N3O7S2/c1-10(23)20-17-16-12(7-30-17)18(24)22(19(16)25)13(8-31(26,27)21(2)3)11-4-5-14-15(6-11)29-9-28-14/h4-7,13H,8-9H2,1-3H3,(H,20,23). The van der Waals surface area contributed by atoms with Crippen molar-refractivity contribution in [2.24, 2.45) is 0 Å². The monoisotopic (exact) mass is 465 g/mol. The predicted molar refractivity (Wildman–Crippen MR) is 112 cm³/mol. The molecule has 0 spiro atoms. The van der Waals surface area contributed by atoms with Gasteiger partial charge < -0.3 is 14.8 Å². The maximum atomic E-state index is 13.3. The van der Waals surface area contributed by atoms with Gasteiger partial charge in [-0.25, -0.2) is 12.7 Å². The van der Waals surface area contributed by atoms with Gasteiger partial charge >= 0.3 is 0 Å². The van der Waals surface area contributed by atoms with E-state index in [0.717, 1.165) is 20.5 Å². The summed E-state index contributed by atoms with van der Waals surface area (Å²) in [6, 6.07) is 3.67. The van der Waals surface area contributed by atoms with Crippen LogP contribution in [0.2, 0.25) is 0 Å². The molecule has 3 amide bonds. The van der Waals surface area contributed by atoms with Crippen molar-refractivity contribution in [1.29, 1.82) is 0 Å². The third kappa shape index (κ3) is 3.66. The van der Waals surface area contributed by atoms with Crippen LogP contribution in [0.3, 0.4) is 0 Å². The molecule has 0 saturated heterocycles. The lowest BCUT2D eigenvalue weighted by atomic mass is 10.1. The Kier molecular flexibility index (Phi) is 5.23. The van der Waals surface area contributed by atoms with Crippen molar-refractivity contribution in [2.75, 3.05) is 32.0 Å². The molecule has 1 N–H and O–H groups in total. The van der Waals surface area contributed by atoms with E-state index in [1.54, 1.807) is 18.2 Å². The smallest absolute Gasteiger partial charge is 0.265 e. The van der Waals surface area contributed by atoms with Crippen molar-refractivity contribution < 1.29 is 32.3 Å². The van der Waals surface area contributed by atoms with Gasteiger partial charge in [0, 0.05) is 26.4 Å². The van der Waals surface area contributed by atoms with Gasteiger partial charge in [-0.15, -0.1) is 11.3 Å². The van der Waals surface area contributed by atoms with Crippen molar-refractivity contribution in [1.82, 2.24) is 9.21 Å². The Morgan fingerprint density at radius 3 is 2.61 bits per heavy atom. The zero-order chi connectivity index (χ0) is 22.5. The molecule has 31 heavy (non-hydrogen) atoms. The van der Waals surface area contributed by atoms with Crippen LogP contribution in [-0.2, 0) is 14.8 Å². The summed E-state index contributed by atoms with van der Waals surface area (Å²) in [7, 11) is -1.04. The zero-order valence-electron chi connectivity index (χ0n) is 16.9. The van der Waals surface area contributed by atoms with Gasteiger partial charge in [-0.05, 0) is 17.7 Å². The van der Waals surface area contributed by atoms with Gasteiger partial charge in [0.2, 0.25) is 22.7 Å². The van der Waals surface area contributed by atoms with Crippen LogP contribution >= 0.6 is 11.3 Å². The lowest BCUT2D eigenvalue weighted by Crippen LogP contribution is -2.40. The number of rotatable bonds is 6. The fraction of sp³-hybridized carbons (Fsp3) is 0.316. The first-order chi connectivity index (χ1) is 14.6. The molecule has 10 nitrogen and oxygen atoms in total. The number of carbonyl (C=O) groups is 3. The molecule has 0 radical (unpaired) electrons. The second-order valence-corrected chi connectivity index (χ2v) is 10.3. The number of imide groups is 1. The second-order valence-electron chi connectivity index (χ2n) is 7.20. The number of carbonyl (C=O) groups excluding carboxylic acids is 3. The molecular weight excluding hydrogens is 446 g/mol. The molecule has 2 aliphatic heterocycles. The number of amides is 3. The molecule has 3 heterocycles. The first kappa shape index (κ1) is 21.3. The van der Waals surface area contributed by atoms with E-state index in [4.69, 9.17) is 9.47 Å². The largest absolute Gasteiger partial charge is 0.454 e. The number of nitrogens with one attached hydrogen (secondary N) is 1. The number of benzene rings is 1. The van der Waals surface area contributed by atoms with Crippen molar-refractivity contribution in [3.63, 3.8) is 0 Å². The Hall–Kier alpha value is -2.96. The first-order valence-electron chi connectivity index (χ1n) is 9.17. The molecule has 2 aromatic rings. The molecule has 0 bridgehead atoms. The molecule has 0 saturated carbocycles. The van der Waals surface area contributed by atoms with E-state index in [0.29, 0.717) is 17.1 Å². The van der Waals surface area contributed by atoms with E-state index in [9.17, 15) is 22.8 Å². The molecule has 2 aliphatic rings. The van der Waals surface area contributed by atoms with E-state index in [1.807, 2.05) is 0 Å². The van der Waals surface area contributed by atoms with Gasteiger partial charge in [0.15, 0.2) is 11.5 Å². The fourth-order valence-corrected chi connectivity index (χ4v) is 5.40. The number of nitrogens with zero attached hydrogens (tertiary/aromatic N) is 2. The van der Waals surface area contributed by atoms with E-state index in [-0.39, 0.29) is 28.8 Å². The molecule has 0 aliphatic carbocycles. The Bertz CT molecular complexity index is 1200. The number of anilines is 1. The quantitative estimate of drug-likeness (QED) is 0.644. The summed E-state index contributed by atoms with van der Waals surface area (Å²) in [5.41, 5.74) is 0.608. The average Bonchev–Trinajstić information content (AvgIpc) is 3.37. The van der Waals surface area contributed by atoms with Gasteiger partial charge in [-0.2, -0.15) is 0 Å². The highest BCUT2D eigenvalue weighted by atomic mass is 32.2. The Balaban J connectivity index is 1.78. The minimum Gasteiger partial charge on any atom is -0.454 e. The Labute approximate surface area is 182 Å². The second kappa shape index (κ2) is 7.62. The highest BCUT2D eigenvalue weighted by Crippen LogP contribution is 2.41. The highest BCUT2D eigenvalue weighted by Gasteiger charge is 2.45. The van der Waals surface area contributed by atoms with E-state index < -0.39 is 33.6 Å². The minimum absolute atomic E-state index is 0.0259. The van der Waals surface area contributed by atoms with Crippen LogP contribution in [0.25, 0.3) is 0 Å².